The minimum atomic E-state index is -4.82. The number of aromatic nitrogens is 3. The van der Waals surface area contributed by atoms with E-state index in [1.165, 1.54) is 29.3 Å². The number of nitrogens with zero attached hydrogens (tertiary/aromatic N) is 5. The van der Waals surface area contributed by atoms with Gasteiger partial charge in [0, 0.05) is 44.2 Å². The zero-order valence-corrected chi connectivity index (χ0v) is 23.3. The number of ether oxygens (including phenoxy) is 1. The third kappa shape index (κ3) is 5.79. The lowest BCUT2D eigenvalue weighted by Crippen LogP contribution is -2.49. The quantitative estimate of drug-likeness (QED) is 0.313. The average Bonchev–Trinajstić information content (AvgIpc) is 3.00. The highest BCUT2D eigenvalue weighted by atomic mass is 19.4. The molecule has 44 heavy (non-hydrogen) atoms. The number of carbonyl (C=O) groups is 1. The van der Waals surface area contributed by atoms with Gasteiger partial charge in [-0.05, 0) is 61.2 Å². The number of H-pyrrole nitrogens is 1. The summed E-state index contributed by atoms with van der Waals surface area (Å²) >= 11 is 0. The molecule has 0 unspecified atom stereocenters. The minimum Gasteiger partial charge on any atom is -0.490 e. The number of piperazine rings is 1. The van der Waals surface area contributed by atoms with E-state index in [2.05, 4.69) is 15.2 Å². The molecule has 13 heteroatoms. The third-order valence-electron chi connectivity index (χ3n) is 8.00. The molecule has 2 fully saturated rings. The van der Waals surface area contributed by atoms with E-state index in [0.29, 0.717) is 43.1 Å². The van der Waals surface area contributed by atoms with E-state index in [-0.39, 0.29) is 34.9 Å². The van der Waals surface area contributed by atoms with Crippen molar-refractivity contribution in [1.82, 2.24) is 20.1 Å². The van der Waals surface area contributed by atoms with E-state index in [4.69, 9.17) is 10.00 Å². The van der Waals surface area contributed by atoms with Gasteiger partial charge in [0.05, 0.1) is 33.9 Å². The second-order valence-corrected chi connectivity index (χ2v) is 10.8. The first kappa shape index (κ1) is 29.1. The zero-order chi connectivity index (χ0) is 31.0. The number of anilines is 1. The van der Waals surface area contributed by atoms with Gasteiger partial charge in [0.2, 0.25) is 0 Å². The highest BCUT2D eigenvalue weighted by Gasteiger charge is 2.36. The summed E-state index contributed by atoms with van der Waals surface area (Å²) < 4.78 is 62.9. The highest BCUT2D eigenvalue weighted by Crippen LogP contribution is 2.38. The molecule has 226 valence electrons. The number of hydrogen-bond donors (Lipinski definition) is 1. The second-order valence-electron chi connectivity index (χ2n) is 10.8. The average molecular weight is 607 g/mol. The van der Waals surface area contributed by atoms with E-state index < -0.39 is 34.4 Å². The van der Waals surface area contributed by atoms with Crippen LogP contribution in [0.15, 0.2) is 53.5 Å². The molecule has 1 amide bonds. The molecule has 1 saturated heterocycles. The van der Waals surface area contributed by atoms with Crippen molar-refractivity contribution in [2.45, 2.75) is 38.0 Å². The summed E-state index contributed by atoms with van der Waals surface area (Å²) in [6.07, 6.45) is -1.23. The Morgan fingerprint density at radius 1 is 1.09 bits per heavy atom. The van der Waals surface area contributed by atoms with Crippen LogP contribution in [-0.4, -0.2) is 58.3 Å². The molecule has 0 bridgehead atoms. The molecule has 2 aliphatic rings. The summed E-state index contributed by atoms with van der Waals surface area (Å²) in [6.45, 7) is 1.51. The van der Waals surface area contributed by atoms with Gasteiger partial charge in [-0.15, -0.1) is 0 Å². The number of nitriles is 1. The number of aromatic amines is 1. The number of carbonyl (C=O) groups excluding carboxylic acids is 1. The fourth-order valence-electron chi connectivity index (χ4n) is 5.42. The molecular formula is C31H26F4N6O3. The molecule has 4 aromatic rings. The number of rotatable bonds is 6. The van der Waals surface area contributed by atoms with Crippen molar-refractivity contribution in [2.24, 2.45) is 0 Å². The van der Waals surface area contributed by atoms with E-state index in [1.807, 2.05) is 11.0 Å². The van der Waals surface area contributed by atoms with Gasteiger partial charge in [-0.3, -0.25) is 9.59 Å². The molecule has 1 aliphatic carbocycles. The van der Waals surface area contributed by atoms with Crippen molar-refractivity contribution in [3.8, 4) is 11.8 Å². The molecule has 1 N–H and O–H groups in total. The van der Waals surface area contributed by atoms with Gasteiger partial charge in [0.25, 0.3) is 11.5 Å². The molecule has 1 saturated carbocycles. The number of amides is 1. The van der Waals surface area contributed by atoms with Gasteiger partial charge in [-0.2, -0.15) is 23.5 Å². The normalized spacial score (nSPS) is 15.6. The minimum absolute atomic E-state index is 0.00602. The summed E-state index contributed by atoms with van der Waals surface area (Å²) in [7, 11) is 0. The van der Waals surface area contributed by atoms with Gasteiger partial charge in [0.15, 0.2) is 0 Å². The number of nitrogens with one attached hydrogen (secondary N) is 1. The van der Waals surface area contributed by atoms with E-state index in [0.717, 1.165) is 31.4 Å². The van der Waals surface area contributed by atoms with Gasteiger partial charge < -0.3 is 14.5 Å². The Hall–Kier alpha value is -4.99. The maximum atomic E-state index is 14.9. The summed E-state index contributed by atoms with van der Waals surface area (Å²) in [6, 6.07) is 11.6. The van der Waals surface area contributed by atoms with Crippen molar-refractivity contribution in [3.63, 3.8) is 0 Å². The molecule has 2 aromatic carbocycles. The lowest BCUT2D eigenvalue weighted by Gasteiger charge is -2.35. The lowest BCUT2D eigenvalue weighted by atomic mass is 9.95. The van der Waals surface area contributed by atoms with Crippen LogP contribution in [0, 0.1) is 17.1 Å². The van der Waals surface area contributed by atoms with Crippen LogP contribution in [0.2, 0.25) is 0 Å². The Morgan fingerprint density at radius 3 is 2.50 bits per heavy atom. The first-order valence-corrected chi connectivity index (χ1v) is 14.1. The summed E-state index contributed by atoms with van der Waals surface area (Å²) in [5.41, 5.74) is -1.30. The third-order valence-corrected chi connectivity index (χ3v) is 8.00. The van der Waals surface area contributed by atoms with Crippen LogP contribution < -0.4 is 15.2 Å². The number of alkyl halides is 3. The van der Waals surface area contributed by atoms with Crippen LogP contribution in [-0.2, 0) is 12.6 Å². The Kier molecular flexibility index (Phi) is 7.67. The fourth-order valence-corrected chi connectivity index (χ4v) is 5.42. The first-order valence-electron chi connectivity index (χ1n) is 14.1. The maximum Gasteiger partial charge on any atom is 0.417 e. The fraction of sp³-hybridized carbons (Fsp3) is 0.323. The second kappa shape index (κ2) is 11.6. The lowest BCUT2D eigenvalue weighted by molar-refractivity contribution is -0.136. The Labute approximate surface area is 248 Å². The summed E-state index contributed by atoms with van der Waals surface area (Å²) in [4.78, 5) is 33.7. The standard InChI is InChI=1S/C31H26F4N6O3/c32-25-6-4-18(12-22(25)30(43)41-10-8-40(9-11-41)27-7-5-19(16-36)17-37-27)13-26-23-14-21(44-20-2-1-3-20)15-24(31(33,34)35)28(23)29(42)39-38-26/h4-7,12,14-15,17,20H,1-3,8-11,13H2,(H,39,42). The van der Waals surface area contributed by atoms with Crippen LogP contribution >= 0.6 is 0 Å². The molecular weight excluding hydrogens is 580 g/mol. The van der Waals surface area contributed by atoms with Gasteiger partial charge in [0.1, 0.15) is 23.5 Å². The van der Waals surface area contributed by atoms with Gasteiger partial charge in [-0.1, -0.05) is 6.07 Å². The number of pyridine rings is 1. The predicted molar refractivity (Wildman–Crippen MR) is 152 cm³/mol. The van der Waals surface area contributed by atoms with Gasteiger partial charge >= 0.3 is 6.18 Å². The maximum absolute atomic E-state index is 14.9. The zero-order valence-electron chi connectivity index (χ0n) is 23.3. The smallest absolute Gasteiger partial charge is 0.417 e. The molecule has 0 atom stereocenters. The van der Waals surface area contributed by atoms with Crippen molar-refractivity contribution in [3.05, 3.63) is 92.8 Å². The molecule has 0 radical (unpaired) electrons. The molecule has 2 aromatic heterocycles. The van der Waals surface area contributed by atoms with Crippen LogP contribution in [0.1, 0.15) is 52.0 Å². The van der Waals surface area contributed by atoms with Crippen molar-refractivity contribution in [1.29, 1.82) is 5.26 Å². The number of benzene rings is 2. The van der Waals surface area contributed by atoms with Crippen molar-refractivity contribution >= 4 is 22.5 Å². The number of hydrogen-bond acceptors (Lipinski definition) is 7. The van der Waals surface area contributed by atoms with E-state index >= 15 is 0 Å². The van der Waals surface area contributed by atoms with Crippen LogP contribution in [0.5, 0.6) is 5.75 Å². The Morgan fingerprint density at radius 2 is 1.86 bits per heavy atom. The number of fused-ring (bicyclic) bond motifs is 1. The van der Waals surface area contributed by atoms with Crippen LogP contribution in [0.25, 0.3) is 10.8 Å². The largest absolute Gasteiger partial charge is 0.490 e. The molecule has 6 rings (SSSR count). The highest BCUT2D eigenvalue weighted by molar-refractivity contribution is 5.95. The molecule has 1 aliphatic heterocycles. The van der Waals surface area contributed by atoms with Crippen LogP contribution in [0.4, 0.5) is 23.4 Å². The summed E-state index contributed by atoms with van der Waals surface area (Å²) in [5.74, 6) is -0.593. The molecule has 9 nitrogen and oxygen atoms in total. The topological polar surface area (TPSA) is 115 Å². The van der Waals surface area contributed by atoms with Crippen molar-refractivity contribution in [2.75, 3.05) is 31.1 Å². The summed E-state index contributed by atoms with van der Waals surface area (Å²) in [5, 5.41) is 14.6. The SMILES string of the molecule is N#Cc1ccc(N2CCN(C(=O)c3cc(Cc4n[nH]c(=O)c5c(C(F)(F)F)cc(OC6CCC6)cc45)ccc3F)CC2)nc1. The van der Waals surface area contributed by atoms with Gasteiger partial charge in [-0.25, -0.2) is 14.5 Å². The Balaban J connectivity index is 1.25. The van der Waals surface area contributed by atoms with E-state index in [1.54, 1.807) is 12.1 Å². The predicted octanol–water partition coefficient (Wildman–Crippen LogP) is 4.83. The number of halogens is 4. The monoisotopic (exact) mass is 606 g/mol. The van der Waals surface area contributed by atoms with E-state index in [9.17, 15) is 27.2 Å². The Bertz CT molecular complexity index is 1820. The van der Waals surface area contributed by atoms with Crippen molar-refractivity contribution < 1.29 is 27.1 Å². The molecule has 0 spiro atoms. The molecule has 3 heterocycles. The van der Waals surface area contributed by atoms with Crippen LogP contribution in [0.3, 0.4) is 0 Å². The first-order chi connectivity index (χ1) is 21.1.